The molecule has 0 atom stereocenters. The second-order valence-corrected chi connectivity index (χ2v) is 3.04. The molecule has 0 amide bonds. The summed E-state index contributed by atoms with van der Waals surface area (Å²) in [6.45, 7) is 6.39. The van der Waals surface area contributed by atoms with E-state index in [-0.39, 0.29) is 0 Å². The Kier molecular flexibility index (Phi) is 3.09. The fourth-order valence-corrected chi connectivity index (χ4v) is 1.27. The Morgan fingerprint density at radius 1 is 1.33 bits per heavy atom. The summed E-state index contributed by atoms with van der Waals surface area (Å²) in [4.78, 5) is 0. The van der Waals surface area contributed by atoms with Crippen LogP contribution in [-0.2, 0) is 6.42 Å². The van der Waals surface area contributed by atoms with Gasteiger partial charge in [-0.15, -0.1) is 0 Å². The van der Waals surface area contributed by atoms with Crippen LogP contribution >= 0.6 is 0 Å². The van der Waals surface area contributed by atoms with Crippen molar-refractivity contribution in [1.82, 2.24) is 0 Å². The van der Waals surface area contributed by atoms with Gasteiger partial charge in [-0.2, -0.15) is 0 Å². The Bertz CT molecular complexity index is 282. The molecular formula is C12H16. The zero-order valence-corrected chi connectivity index (χ0v) is 8.09. The van der Waals surface area contributed by atoms with Gasteiger partial charge < -0.3 is 0 Å². The van der Waals surface area contributed by atoms with Crippen molar-refractivity contribution in [3.63, 3.8) is 0 Å². The van der Waals surface area contributed by atoms with Crippen LogP contribution in [0.3, 0.4) is 0 Å². The van der Waals surface area contributed by atoms with E-state index in [0.29, 0.717) is 0 Å². The number of allylic oxidation sites excluding steroid dienone is 1. The Balaban J connectivity index is 3.08. The predicted molar refractivity (Wildman–Crippen MR) is 55.3 cm³/mol. The van der Waals surface area contributed by atoms with Gasteiger partial charge in [-0.3, -0.25) is 0 Å². The van der Waals surface area contributed by atoms with Crippen molar-refractivity contribution in [3.05, 3.63) is 41.0 Å². The van der Waals surface area contributed by atoms with Crippen LogP contribution in [0.4, 0.5) is 0 Å². The van der Waals surface area contributed by atoms with Crippen LogP contribution in [0.25, 0.3) is 6.08 Å². The highest BCUT2D eigenvalue weighted by atomic mass is 14.0. The summed E-state index contributed by atoms with van der Waals surface area (Å²) < 4.78 is 0. The summed E-state index contributed by atoms with van der Waals surface area (Å²) in [5.74, 6) is 0. The van der Waals surface area contributed by atoms with Gasteiger partial charge in [0.05, 0.1) is 0 Å². The van der Waals surface area contributed by atoms with Crippen LogP contribution in [0.2, 0.25) is 0 Å². The van der Waals surface area contributed by atoms with E-state index < -0.39 is 0 Å². The summed E-state index contributed by atoms with van der Waals surface area (Å²) >= 11 is 0. The number of hydrogen-bond acceptors (Lipinski definition) is 0. The van der Waals surface area contributed by atoms with E-state index >= 15 is 0 Å². The summed E-state index contributed by atoms with van der Waals surface area (Å²) in [6.07, 6.45) is 5.36. The van der Waals surface area contributed by atoms with E-state index in [9.17, 15) is 0 Å². The lowest BCUT2D eigenvalue weighted by molar-refractivity contribution is 1.13. The minimum Gasteiger partial charge on any atom is -0.0871 e. The summed E-state index contributed by atoms with van der Waals surface area (Å²) in [7, 11) is 0. The molecule has 0 N–H and O–H groups in total. The molecule has 0 bridgehead atoms. The Morgan fingerprint density at radius 2 is 2.08 bits per heavy atom. The molecule has 0 radical (unpaired) electrons. The maximum Gasteiger partial charge on any atom is -0.0228 e. The number of aryl methyl sites for hydroxylation is 2. The van der Waals surface area contributed by atoms with Crippen molar-refractivity contribution in [3.8, 4) is 0 Å². The van der Waals surface area contributed by atoms with Crippen LogP contribution in [0.15, 0.2) is 24.3 Å². The van der Waals surface area contributed by atoms with Gasteiger partial charge >= 0.3 is 0 Å². The minimum atomic E-state index is 1.12. The van der Waals surface area contributed by atoms with Crippen LogP contribution in [0.5, 0.6) is 0 Å². The van der Waals surface area contributed by atoms with Crippen molar-refractivity contribution in [1.29, 1.82) is 0 Å². The van der Waals surface area contributed by atoms with E-state index in [1.807, 2.05) is 0 Å². The Morgan fingerprint density at radius 3 is 2.67 bits per heavy atom. The molecule has 1 rings (SSSR count). The highest BCUT2D eigenvalue weighted by molar-refractivity contribution is 5.54. The molecule has 64 valence electrons. The lowest BCUT2D eigenvalue weighted by atomic mass is 10.0. The van der Waals surface area contributed by atoms with Crippen LogP contribution in [0, 0.1) is 6.92 Å². The molecule has 0 nitrogen and oxygen atoms in total. The third-order valence-electron chi connectivity index (χ3n) is 2.10. The highest BCUT2D eigenvalue weighted by Gasteiger charge is 1.94. The molecule has 0 aliphatic heterocycles. The van der Waals surface area contributed by atoms with Crippen molar-refractivity contribution in [2.75, 3.05) is 0 Å². The first kappa shape index (κ1) is 9.05. The largest absolute Gasteiger partial charge is 0.0871 e. The molecule has 0 aliphatic carbocycles. The van der Waals surface area contributed by atoms with Crippen molar-refractivity contribution in [2.45, 2.75) is 27.2 Å². The van der Waals surface area contributed by atoms with Gasteiger partial charge in [-0.1, -0.05) is 37.3 Å². The first-order valence-electron chi connectivity index (χ1n) is 4.50. The van der Waals surface area contributed by atoms with Gasteiger partial charge in [0, 0.05) is 0 Å². The van der Waals surface area contributed by atoms with Crippen LogP contribution in [-0.4, -0.2) is 0 Å². The first-order valence-corrected chi connectivity index (χ1v) is 4.50. The van der Waals surface area contributed by atoms with Crippen molar-refractivity contribution >= 4 is 6.08 Å². The topological polar surface area (TPSA) is 0 Å². The Labute approximate surface area is 74.9 Å². The number of benzene rings is 1. The molecule has 0 heteroatoms. The molecule has 0 aromatic heterocycles. The van der Waals surface area contributed by atoms with Gasteiger partial charge in [0.15, 0.2) is 0 Å². The maximum absolute atomic E-state index is 2.26. The standard InChI is InChI=1S/C12H16/c1-4-6-12-9-11(5-2)8-7-10(12)3/h4,6-9H,5H2,1-3H3/b6-4-. The molecule has 1 aromatic carbocycles. The monoisotopic (exact) mass is 160 g/mol. The number of hydrogen-bond donors (Lipinski definition) is 0. The molecule has 0 aliphatic rings. The Hall–Kier alpha value is -1.04. The van der Waals surface area contributed by atoms with E-state index in [0.717, 1.165) is 6.42 Å². The molecule has 0 fully saturated rings. The molecule has 12 heavy (non-hydrogen) atoms. The zero-order valence-electron chi connectivity index (χ0n) is 8.09. The van der Waals surface area contributed by atoms with Gasteiger partial charge in [-0.25, -0.2) is 0 Å². The second-order valence-electron chi connectivity index (χ2n) is 3.04. The normalized spacial score (nSPS) is 10.9. The molecular weight excluding hydrogens is 144 g/mol. The molecule has 0 heterocycles. The van der Waals surface area contributed by atoms with Gasteiger partial charge in [0.2, 0.25) is 0 Å². The van der Waals surface area contributed by atoms with E-state index in [4.69, 9.17) is 0 Å². The molecule has 0 unspecified atom stereocenters. The zero-order chi connectivity index (χ0) is 8.97. The SMILES string of the molecule is C/C=C\c1cc(CC)ccc1C. The number of rotatable bonds is 2. The van der Waals surface area contributed by atoms with E-state index in [1.165, 1.54) is 16.7 Å². The van der Waals surface area contributed by atoms with Gasteiger partial charge in [-0.05, 0) is 37.0 Å². The lowest BCUT2D eigenvalue weighted by Gasteiger charge is -2.02. The fraction of sp³-hybridized carbons (Fsp3) is 0.333. The van der Waals surface area contributed by atoms with Crippen molar-refractivity contribution in [2.24, 2.45) is 0 Å². The quantitative estimate of drug-likeness (QED) is 0.620. The van der Waals surface area contributed by atoms with Crippen molar-refractivity contribution < 1.29 is 0 Å². The fourth-order valence-electron chi connectivity index (χ4n) is 1.27. The van der Waals surface area contributed by atoms with E-state index in [2.05, 4.69) is 51.1 Å². The minimum absolute atomic E-state index is 1.12. The highest BCUT2D eigenvalue weighted by Crippen LogP contribution is 2.13. The molecule has 0 saturated carbocycles. The second kappa shape index (κ2) is 4.10. The molecule has 0 spiro atoms. The average molecular weight is 160 g/mol. The van der Waals surface area contributed by atoms with E-state index in [1.54, 1.807) is 0 Å². The average Bonchev–Trinajstić information content (AvgIpc) is 2.09. The maximum atomic E-state index is 2.26. The van der Waals surface area contributed by atoms with Gasteiger partial charge in [0.1, 0.15) is 0 Å². The third-order valence-corrected chi connectivity index (χ3v) is 2.10. The summed E-state index contributed by atoms with van der Waals surface area (Å²) in [5, 5.41) is 0. The first-order chi connectivity index (χ1) is 5.77. The molecule has 1 aromatic rings. The van der Waals surface area contributed by atoms with Gasteiger partial charge in [0.25, 0.3) is 0 Å². The smallest absolute Gasteiger partial charge is 0.0228 e. The van der Waals surface area contributed by atoms with Crippen LogP contribution < -0.4 is 0 Å². The van der Waals surface area contributed by atoms with Crippen LogP contribution in [0.1, 0.15) is 30.5 Å². The lowest BCUT2D eigenvalue weighted by Crippen LogP contribution is -1.85. The molecule has 0 saturated heterocycles. The summed E-state index contributed by atoms with van der Waals surface area (Å²) in [6, 6.07) is 6.64. The predicted octanol–water partition coefficient (Wildman–Crippen LogP) is 3.59. The third kappa shape index (κ3) is 1.97. The summed E-state index contributed by atoms with van der Waals surface area (Å²) in [5.41, 5.74) is 4.11.